The van der Waals surface area contributed by atoms with Crippen LogP contribution in [-0.4, -0.2) is 21.6 Å². The van der Waals surface area contributed by atoms with Crippen LogP contribution >= 0.6 is 0 Å². The first-order valence-corrected chi connectivity index (χ1v) is 7.40. The highest BCUT2D eigenvalue weighted by atomic mass is 19.3. The fraction of sp³-hybridized carbons (Fsp3) is 0.0556. The molecule has 4 aromatic rings. The van der Waals surface area contributed by atoms with Gasteiger partial charge in [0.15, 0.2) is 5.58 Å². The highest BCUT2D eigenvalue weighted by molar-refractivity contribution is 5.92. The van der Waals surface area contributed by atoms with Crippen LogP contribution in [-0.2, 0) is 0 Å². The Morgan fingerprint density at radius 1 is 0.960 bits per heavy atom. The normalized spacial score (nSPS) is 11.2. The molecule has 0 aliphatic rings. The summed E-state index contributed by atoms with van der Waals surface area (Å²) in [4.78, 5) is 12.3. The first kappa shape index (κ1) is 15.2. The van der Waals surface area contributed by atoms with E-state index in [4.69, 9.17) is 4.42 Å². The molecule has 0 saturated carbocycles. The molecule has 1 aromatic carbocycles. The Morgan fingerprint density at radius 3 is 2.44 bits per heavy atom. The van der Waals surface area contributed by atoms with Gasteiger partial charge in [0.1, 0.15) is 23.4 Å². The van der Waals surface area contributed by atoms with E-state index in [1.54, 1.807) is 36.8 Å². The summed E-state index contributed by atoms with van der Waals surface area (Å²) in [7, 11) is 0. The minimum absolute atomic E-state index is 0.0927. The second-order valence-electron chi connectivity index (χ2n) is 5.21. The summed E-state index contributed by atoms with van der Waals surface area (Å²) in [5.74, 6) is 0.672. The smallest absolute Gasteiger partial charge is 0.387 e. The molecule has 0 amide bonds. The third kappa shape index (κ3) is 3.03. The van der Waals surface area contributed by atoms with Crippen LogP contribution in [0.25, 0.3) is 33.6 Å². The van der Waals surface area contributed by atoms with Crippen molar-refractivity contribution in [3.63, 3.8) is 0 Å². The van der Waals surface area contributed by atoms with E-state index in [0.29, 0.717) is 16.9 Å². The van der Waals surface area contributed by atoms with Gasteiger partial charge in [0, 0.05) is 41.3 Å². The van der Waals surface area contributed by atoms with Crippen molar-refractivity contribution >= 4 is 11.1 Å². The number of aromatic nitrogens is 3. The Hall–Kier alpha value is -3.35. The maximum atomic E-state index is 12.2. The maximum Gasteiger partial charge on any atom is 0.387 e. The summed E-state index contributed by atoms with van der Waals surface area (Å²) < 4.78 is 34.8. The van der Waals surface area contributed by atoms with Gasteiger partial charge in [-0.25, -0.2) is 9.97 Å². The van der Waals surface area contributed by atoms with Crippen LogP contribution in [0.3, 0.4) is 0 Å². The van der Waals surface area contributed by atoms with Gasteiger partial charge in [-0.15, -0.1) is 0 Å². The molecule has 0 atom stereocenters. The third-order valence-electron chi connectivity index (χ3n) is 3.65. The minimum Gasteiger partial charge on any atom is -0.454 e. The molecule has 5 nitrogen and oxygen atoms in total. The zero-order valence-electron chi connectivity index (χ0n) is 12.8. The molecule has 0 N–H and O–H groups in total. The molecular formula is C18H11F2N3O2. The Bertz CT molecular complexity index is 1000. The van der Waals surface area contributed by atoms with Crippen molar-refractivity contribution in [1.29, 1.82) is 0 Å². The lowest BCUT2D eigenvalue weighted by atomic mass is 10.1. The van der Waals surface area contributed by atoms with Gasteiger partial charge in [0.25, 0.3) is 0 Å². The summed E-state index contributed by atoms with van der Waals surface area (Å²) in [5, 5.41) is 0. The monoisotopic (exact) mass is 339 g/mol. The van der Waals surface area contributed by atoms with Gasteiger partial charge in [0.05, 0.1) is 0 Å². The number of alkyl halides is 2. The Labute approximate surface area is 140 Å². The molecule has 124 valence electrons. The predicted molar refractivity (Wildman–Crippen MR) is 87.1 cm³/mol. The van der Waals surface area contributed by atoms with E-state index >= 15 is 0 Å². The number of hydrogen-bond acceptors (Lipinski definition) is 5. The van der Waals surface area contributed by atoms with Crippen LogP contribution in [0, 0.1) is 0 Å². The number of benzene rings is 1. The molecule has 0 radical (unpaired) electrons. The molecule has 7 heteroatoms. The standard InChI is InChI=1S/C18H11F2N3O2/c19-18(20)24-13-3-1-11(2-4-13)16-7-15-17(25-16)14(5-6-23-15)12-8-21-10-22-9-12/h1-10,18H. The number of ether oxygens (including phenoxy) is 1. The average Bonchev–Trinajstić information content (AvgIpc) is 3.07. The van der Waals surface area contributed by atoms with E-state index in [2.05, 4.69) is 19.7 Å². The van der Waals surface area contributed by atoms with Gasteiger partial charge in [-0.05, 0) is 30.3 Å². The molecule has 4 rings (SSSR count). The molecule has 0 unspecified atom stereocenters. The fourth-order valence-electron chi connectivity index (χ4n) is 2.55. The minimum atomic E-state index is -2.85. The SMILES string of the molecule is FC(F)Oc1ccc(-c2cc3nccc(-c4cncnc4)c3o2)cc1. The van der Waals surface area contributed by atoms with E-state index in [1.807, 2.05) is 6.07 Å². The van der Waals surface area contributed by atoms with Crippen molar-refractivity contribution < 1.29 is 17.9 Å². The number of halogens is 2. The summed E-state index contributed by atoms with van der Waals surface area (Å²) in [5.41, 5.74) is 3.67. The first-order valence-electron chi connectivity index (χ1n) is 7.40. The van der Waals surface area contributed by atoms with Crippen LogP contribution in [0.1, 0.15) is 0 Å². The van der Waals surface area contributed by atoms with Gasteiger partial charge in [-0.2, -0.15) is 8.78 Å². The van der Waals surface area contributed by atoms with Crippen molar-refractivity contribution in [3.05, 3.63) is 61.3 Å². The van der Waals surface area contributed by atoms with Crippen molar-refractivity contribution in [2.24, 2.45) is 0 Å². The lowest BCUT2D eigenvalue weighted by Gasteiger charge is -2.04. The molecule has 3 heterocycles. The fourth-order valence-corrected chi connectivity index (χ4v) is 2.55. The summed E-state index contributed by atoms with van der Waals surface area (Å²) >= 11 is 0. The Morgan fingerprint density at radius 2 is 1.72 bits per heavy atom. The summed E-state index contributed by atoms with van der Waals surface area (Å²) in [6.07, 6.45) is 6.53. The largest absolute Gasteiger partial charge is 0.454 e. The Kier molecular flexibility index (Phi) is 3.81. The van der Waals surface area contributed by atoms with Crippen molar-refractivity contribution in [1.82, 2.24) is 15.0 Å². The number of hydrogen-bond donors (Lipinski definition) is 0. The van der Waals surface area contributed by atoms with Crippen molar-refractivity contribution in [2.45, 2.75) is 6.61 Å². The molecule has 0 fully saturated rings. The van der Waals surface area contributed by atoms with Crippen LogP contribution in [0.5, 0.6) is 5.75 Å². The highest BCUT2D eigenvalue weighted by Gasteiger charge is 2.13. The van der Waals surface area contributed by atoms with Crippen molar-refractivity contribution in [2.75, 3.05) is 0 Å². The molecule has 0 saturated heterocycles. The number of fused-ring (bicyclic) bond motifs is 1. The second-order valence-corrected chi connectivity index (χ2v) is 5.21. The van der Waals surface area contributed by atoms with Gasteiger partial charge in [-0.3, -0.25) is 4.98 Å². The second kappa shape index (κ2) is 6.27. The first-order chi connectivity index (χ1) is 12.2. The number of pyridine rings is 1. The number of furan rings is 1. The molecule has 25 heavy (non-hydrogen) atoms. The van der Waals surface area contributed by atoms with Gasteiger partial charge in [0.2, 0.25) is 0 Å². The molecule has 3 aromatic heterocycles. The quantitative estimate of drug-likeness (QED) is 0.546. The summed E-state index contributed by atoms with van der Waals surface area (Å²) in [6.45, 7) is -2.85. The van der Waals surface area contributed by atoms with E-state index in [1.165, 1.54) is 18.5 Å². The van der Waals surface area contributed by atoms with Crippen LogP contribution in [0.2, 0.25) is 0 Å². The molecule has 0 bridgehead atoms. The van der Waals surface area contributed by atoms with E-state index in [9.17, 15) is 8.78 Å². The van der Waals surface area contributed by atoms with Crippen molar-refractivity contribution in [3.8, 4) is 28.2 Å². The van der Waals surface area contributed by atoms with Gasteiger partial charge < -0.3 is 9.15 Å². The topological polar surface area (TPSA) is 61.0 Å². The van der Waals surface area contributed by atoms with Crippen LogP contribution < -0.4 is 4.74 Å². The van der Waals surface area contributed by atoms with Crippen LogP contribution in [0.4, 0.5) is 8.78 Å². The average molecular weight is 339 g/mol. The molecule has 0 aliphatic heterocycles. The van der Waals surface area contributed by atoms with Gasteiger partial charge >= 0.3 is 6.61 Å². The zero-order valence-corrected chi connectivity index (χ0v) is 12.8. The highest BCUT2D eigenvalue weighted by Crippen LogP contribution is 2.33. The number of rotatable bonds is 4. The van der Waals surface area contributed by atoms with Gasteiger partial charge in [-0.1, -0.05) is 0 Å². The predicted octanol–water partition coefficient (Wildman–Crippen LogP) is 4.55. The molecule has 0 spiro atoms. The van der Waals surface area contributed by atoms with E-state index in [0.717, 1.165) is 16.7 Å². The van der Waals surface area contributed by atoms with E-state index < -0.39 is 6.61 Å². The lowest BCUT2D eigenvalue weighted by Crippen LogP contribution is -2.01. The molecular weight excluding hydrogens is 328 g/mol. The lowest BCUT2D eigenvalue weighted by molar-refractivity contribution is -0.0498. The number of nitrogens with zero attached hydrogens (tertiary/aromatic N) is 3. The third-order valence-corrected chi connectivity index (χ3v) is 3.65. The maximum absolute atomic E-state index is 12.2. The Balaban J connectivity index is 1.75. The summed E-state index contributed by atoms with van der Waals surface area (Å²) in [6, 6.07) is 9.86. The zero-order chi connectivity index (χ0) is 17.2. The van der Waals surface area contributed by atoms with E-state index in [-0.39, 0.29) is 5.75 Å². The molecule has 0 aliphatic carbocycles. The van der Waals surface area contributed by atoms with Crippen LogP contribution in [0.15, 0.2) is 65.7 Å².